The van der Waals surface area contributed by atoms with Crippen molar-refractivity contribution in [2.75, 3.05) is 0 Å². The first-order valence-corrected chi connectivity index (χ1v) is 0. The minimum absolute atomic E-state index is 0. The first-order valence-electron chi connectivity index (χ1n) is 0. The molecular formula is AlGaGeMgY. The van der Waals surface area contributed by atoms with E-state index in [4.69, 9.17) is 0 Å². The molecule has 0 bridgehead atoms. The molecule has 13 radical (unpaired) electrons. The first-order chi connectivity index (χ1) is 0. The molecule has 5 heteroatoms. The molecule has 5 heavy (non-hydrogen) atoms. The van der Waals surface area contributed by atoms with Crippen LogP contribution in [0, 0.1) is 0 Å². The quantitative estimate of drug-likeness (QED) is 0.473. The zero-order valence-electron chi connectivity index (χ0n) is 2.94. The molecule has 0 aromatic heterocycles. The summed E-state index contributed by atoms with van der Waals surface area (Å²) >= 11 is 0. The van der Waals surface area contributed by atoms with E-state index in [1.807, 2.05) is 0 Å². The van der Waals surface area contributed by atoms with E-state index in [2.05, 4.69) is 0 Å². The van der Waals surface area contributed by atoms with Gasteiger partial charge in [0.1, 0.15) is 0 Å². The molecule has 0 aromatic rings. The zero-order valence-corrected chi connectivity index (χ0v) is 12.9. The number of hydrogen-bond acceptors (Lipinski definition) is 0. The summed E-state index contributed by atoms with van der Waals surface area (Å²) in [5, 5.41) is 0. The summed E-state index contributed by atoms with van der Waals surface area (Å²) in [6, 6.07) is 0. The summed E-state index contributed by atoms with van der Waals surface area (Å²) in [7, 11) is 0. The maximum atomic E-state index is 0. The molecule has 0 nitrogen and oxygen atoms in total. The Kier molecular flexibility index (Phi) is 197. The third-order valence-electron chi connectivity index (χ3n) is 0. The van der Waals surface area contributed by atoms with Gasteiger partial charge in [-0.25, -0.2) is 0 Å². The van der Waals surface area contributed by atoms with Crippen molar-refractivity contribution in [3.63, 3.8) is 0 Å². The van der Waals surface area contributed by atoms with Crippen LogP contribution in [0.3, 0.4) is 0 Å². The molecule has 0 rings (SSSR count). The maximum absolute atomic E-state index is 0. The minimum atomic E-state index is 0. The van der Waals surface area contributed by atoms with Crippen molar-refractivity contribution in [2.24, 2.45) is 0 Å². The largest absolute Gasteiger partial charge is 0 e. The average molecular weight is 283 g/mol. The SMILES string of the molecule is [Al].[Ga].[Ge].[Mg].[Y]. The zero-order chi connectivity index (χ0) is 0. The van der Waals surface area contributed by atoms with Crippen LogP contribution in [0.15, 0.2) is 0 Å². The molecule has 0 heterocycles. The molecule has 0 atom stereocenters. The molecule has 0 saturated carbocycles. The van der Waals surface area contributed by atoms with Crippen molar-refractivity contribution in [3.8, 4) is 0 Å². The fourth-order valence-electron chi connectivity index (χ4n) is 0. The van der Waals surface area contributed by atoms with Crippen LogP contribution < -0.4 is 0 Å². The van der Waals surface area contributed by atoms with E-state index in [9.17, 15) is 0 Å². The van der Waals surface area contributed by atoms with Gasteiger partial charge in [-0.15, -0.1) is 0 Å². The maximum Gasteiger partial charge on any atom is 0 e. The normalized spacial score (nSPS) is 0. The van der Waals surface area contributed by atoms with Gasteiger partial charge in [0.2, 0.25) is 0 Å². The Morgan fingerprint density at radius 3 is 1.00 bits per heavy atom. The summed E-state index contributed by atoms with van der Waals surface area (Å²) in [4.78, 5) is 0. The van der Waals surface area contributed by atoms with E-state index in [-0.39, 0.29) is 111 Å². The van der Waals surface area contributed by atoms with Crippen LogP contribution in [0.2, 0.25) is 0 Å². The molecule has 0 unspecified atom stereocenters. The van der Waals surface area contributed by atoms with Gasteiger partial charge in [-0.2, -0.15) is 0 Å². The predicted molar refractivity (Wildman–Crippen MR) is 23.0 cm³/mol. The third-order valence-corrected chi connectivity index (χ3v) is 0. The van der Waals surface area contributed by atoms with Crippen molar-refractivity contribution >= 4 is 77.8 Å². The molecule has 0 aliphatic carbocycles. The Labute approximate surface area is 108 Å². The van der Waals surface area contributed by atoms with Crippen molar-refractivity contribution in [1.29, 1.82) is 0 Å². The Bertz CT molecular complexity index is 11.6. The van der Waals surface area contributed by atoms with Crippen molar-refractivity contribution < 1.29 is 32.7 Å². The molecule has 0 fully saturated rings. The van der Waals surface area contributed by atoms with E-state index >= 15 is 0 Å². The van der Waals surface area contributed by atoms with E-state index in [1.165, 1.54) is 0 Å². The van der Waals surface area contributed by atoms with Crippen molar-refractivity contribution in [2.45, 2.75) is 0 Å². The van der Waals surface area contributed by atoms with Gasteiger partial charge in [0.05, 0.1) is 0 Å². The monoisotopic (exact) mass is 283 g/mol. The van der Waals surface area contributed by atoms with Crippen LogP contribution in [-0.4, -0.2) is 77.8 Å². The molecular weight excluding hydrogens is 283 g/mol. The van der Waals surface area contributed by atoms with E-state index in [1.54, 1.807) is 0 Å². The van der Waals surface area contributed by atoms with Gasteiger partial charge in [-0.3, -0.25) is 0 Å². The van der Waals surface area contributed by atoms with Gasteiger partial charge in [-0.1, -0.05) is 0 Å². The summed E-state index contributed by atoms with van der Waals surface area (Å²) in [6.45, 7) is 0. The molecule has 0 aliphatic rings. The van der Waals surface area contributed by atoms with Crippen LogP contribution >= 0.6 is 0 Å². The smallest absolute Gasteiger partial charge is 0 e. The standard InChI is InChI=1S/Al.Ga.Ge.Mg.Y. The Balaban J connectivity index is 0. The molecule has 0 aliphatic heterocycles. The van der Waals surface area contributed by atoms with E-state index < -0.39 is 0 Å². The fraction of sp³-hybridized carbons (Fsp3) is 0. The van der Waals surface area contributed by atoms with Crippen LogP contribution in [0.1, 0.15) is 0 Å². The molecule has 0 N–H and O–H groups in total. The van der Waals surface area contributed by atoms with Gasteiger partial charge in [0.15, 0.2) is 0 Å². The van der Waals surface area contributed by atoms with Crippen LogP contribution in [0.4, 0.5) is 0 Å². The second-order valence-electron chi connectivity index (χ2n) is 0. The van der Waals surface area contributed by atoms with Crippen molar-refractivity contribution in [1.82, 2.24) is 0 Å². The molecule has 0 aromatic carbocycles. The third kappa shape index (κ3) is 18.4. The summed E-state index contributed by atoms with van der Waals surface area (Å²) < 4.78 is 0. The predicted octanol–water partition coefficient (Wildman–Crippen LogP) is -1.53. The molecule has 0 saturated heterocycles. The second-order valence-corrected chi connectivity index (χ2v) is 0. The van der Waals surface area contributed by atoms with Gasteiger partial charge in [-0.05, 0) is 0 Å². The van der Waals surface area contributed by atoms with Crippen LogP contribution in [0.5, 0.6) is 0 Å². The van der Waals surface area contributed by atoms with E-state index in [0.29, 0.717) is 0 Å². The van der Waals surface area contributed by atoms with Gasteiger partial charge >= 0.3 is 0 Å². The number of hydrogen-bond donors (Lipinski definition) is 0. The fourth-order valence-corrected chi connectivity index (χ4v) is 0. The molecule has 0 spiro atoms. The first kappa shape index (κ1) is 38.5. The van der Waals surface area contributed by atoms with Gasteiger partial charge in [0, 0.05) is 111 Å². The van der Waals surface area contributed by atoms with Crippen LogP contribution in [0.25, 0.3) is 0 Å². The molecule has 15 valence electrons. The molecule has 0 amide bonds. The van der Waals surface area contributed by atoms with Crippen LogP contribution in [-0.2, 0) is 32.7 Å². The Morgan fingerprint density at radius 1 is 1.00 bits per heavy atom. The summed E-state index contributed by atoms with van der Waals surface area (Å²) in [5.74, 6) is 0. The average Bonchev–Trinajstić information content (AvgIpc) is 0. The minimum Gasteiger partial charge on any atom is 0 e. The van der Waals surface area contributed by atoms with E-state index in [0.717, 1.165) is 0 Å². The summed E-state index contributed by atoms with van der Waals surface area (Å²) in [6.07, 6.45) is 0. The second kappa shape index (κ2) is 25.6. The van der Waals surface area contributed by atoms with Gasteiger partial charge in [0.25, 0.3) is 0 Å². The topological polar surface area (TPSA) is 0 Å². The Hall–Kier alpha value is 3.58. The van der Waals surface area contributed by atoms with Crippen molar-refractivity contribution in [3.05, 3.63) is 0 Å². The number of rotatable bonds is 0. The van der Waals surface area contributed by atoms with Gasteiger partial charge < -0.3 is 0 Å². The Morgan fingerprint density at radius 2 is 1.00 bits per heavy atom. The summed E-state index contributed by atoms with van der Waals surface area (Å²) in [5.41, 5.74) is 0.